The number of thiazole rings is 1. The third kappa shape index (κ3) is 7.44. The monoisotopic (exact) mass is 563 g/mol. The average molecular weight is 564 g/mol. The third-order valence-corrected chi connectivity index (χ3v) is 7.22. The number of halogens is 1. The highest BCUT2D eigenvalue weighted by atomic mass is 127. The minimum Gasteiger partial charge on any atom is -0.379 e. The summed E-state index contributed by atoms with van der Waals surface area (Å²) in [7, 11) is 0. The largest absolute Gasteiger partial charge is 0.379 e. The smallest absolute Gasteiger partial charge is 0.191 e. The van der Waals surface area contributed by atoms with Gasteiger partial charge in [-0.05, 0) is 39.8 Å². The summed E-state index contributed by atoms with van der Waals surface area (Å²) in [6.07, 6.45) is 0.971. The van der Waals surface area contributed by atoms with Gasteiger partial charge in [0.05, 0.1) is 36.5 Å². The molecule has 1 fully saturated rings. The van der Waals surface area contributed by atoms with Gasteiger partial charge in [-0.15, -0.1) is 46.7 Å². The number of thiophene rings is 1. The lowest BCUT2D eigenvalue weighted by Gasteiger charge is -2.33. The van der Waals surface area contributed by atoms with E-state index in [4.69, 9.17) is 9.73 Å². The lowest BCUT2D eigenvalue weighted by Crippen LogP contribution is -2.42. The highest BCUT2D eigenvalue weighted by Gasteiger charge is 2.23. The summed E-state index contributed by atoms with van der Waals surface area (Å²) < 4.78 is 5.56. The highest BCUT2D eigenvalue weighted by molar-refractivity contribution is 14.0. The number of hydrogen-bond acceptors (Lipinski definition) is 6. The van der Waals surface area contributed by atoms with E-state index in [1.54, 1.807) is 11.3 Å². The Morgan fingerprint density at radius 3 is 2.57 bits per heavy atom. The molecule has 1 aliphatic heterocycles. The van der Waals surface area contributed by atoms with Gasteiger partial charge in [0.15, 0.2) is 5.96 Å². The first kappa shape index (κ1) is 25.5. The SMILES string of the molecule is CCNC(=NCC(c1ccc(C)s1)N1CCOCC1)NCCc1sc(C)nc1C.I. The molecule has 6 nitrogen and oxygen atoms in total. The van der Waals surface area contributed by atoms with E-state index in [2.05, 4.69) is 60.3 Å². The lowest BCUT2D eigenvalue weighted by atomic mass is 10.2. The zero-order valence-electron chi connectivity index (χ0n) is 18.4. The van der Waals surface area contributed by atoms with Crippen LogP contribution in [0.5, 0.6) is 0 Å². The Morgan fingerprint density at radius 1 is 1.20 bits per heavy atom. The van der Waals surface area contributed by atoms with E-state index in [1.165, 1.54) is 14.6 Å². The van der Waals surface area contributed by atoms with Crippen molar-refractivity contribution in [2.75, 3.05) is 45.9 Å². The summed E-state index contributed by atoms with van der Waals surface area (Å²) in [6.45, 7) is 14.4. The average Bonchev–Trinajstić information content (AvgIpc) is 3.27. The maximum Gasteiger partial charge on any atom is 0.191 e. The molecule has 3 heterocycles. The highest BCUT2D eigenvalue weighted by Crippen LogP contribution is 2.28. The van der Waals surface area contributed by atoms with Gasteiger partial charge in [0.2, 0.25) is 0 Å². The molecule has 2 N–H and O–H groups in total. The molecule has 2 aromatic rings. The number of morpholine rings is 1. The van der Waals surface area contributed by atoms with Gasteiger partial charge in [-0.25, -0.2) is 4.98 Å². The van der Waals surface area contributed by atoms with Crippen LogP contribution < -0.4 is 10.6 Å². The van der Waals surface area contributed by atoms with Crippen LogP contribution in [0.3, 0.4) is 0 Å². The van der Waals surface area contributed by atoms with Crippen LogP contribution >= 0.6 is 46.7 Å². The van der Waals surface area contributed by atoms with Crippen LogP contribution in [0.15, 0.2) is 17.1 Å². The minimum atomic E-state index is 0. The Morgan fingerprint density at radius 2 is 1.97 bits per heavy atom. The third-order valence-electron chi connectivity index (χ3n) is 4.99. The van der Waals surface area contributed by atoms with Crippen LogP contribution in [-0.2, 0) is 11.2 Å². The molecule has 0 bridgehead atoms. The van der Waals surface area contributed by atoms with Crippen molar-refractivity contribution >= 4 is 52.6 Å². The molecule has 9 heteroatoms. The van der Waals surface area contributed by atoms with Crippen molar-refractivity contribution in [1.82, 2.24) is 20.5 Å². The summed E-state index contributed by atoms with van der Waals surface area (Å²) in [4.78, 5) is 16.1. The van der Waals surface area contributed by atoms with Crippen molar-refractivity contribution in [3.8, 4) is 0 Å². The molecule has 0 spiro atoms. The van der Waals surface area contributed by atoms with E-state index in [-0.39, 0.29) is 24.0 Å². The number of nitrogens with zero attached hydrogens (tertiary/aromatic N) is 3. The topological polar surface area (TPSA) is 61.8 Å². The predicted molar refractivity (Wildman–Crippen MR) is 139 cm³/mol. The van der Waals surface area contributed by atoms with Crippen molar-refractivity contribution in [3.63, 3.8) is 0 Å². The fourth-order valence-corrected chi connectivity index (χ4v) is 5.47. The van der Waals surface area contributed by atoms with Crippen molar-refractivity contribution in [3.05, 3.63) is 37.5 Å². The molecule has 1 aliphatic rings. The number of rotatable bonds is 8. The van der Waals surface area contributed by atoms with Crippen molar-refractivity contribution in [1.29, 1.82) is 0 Å². The van der Waals surface area contributed by atoms with E-state index in [0.29, 0.717) is 6.04 Å². The summed E-state index contributed by atoms with van der Waals surface area (Å²) in [5.74, 6) is 0.887. The number of ether oxygens (including phenoxy) is 1. The molecule has 0 radical (unpaired) electrons. The number of aliphatic imine (C=N–C) groups is 1. The Kier molecular flexibility index (Phi) is 11.0. The first-order chi connectivity index (χ1) is 14.1. The molecule has 1 unspecified atom stereocenters. The van der Waals surface area contributed by atoms with Gasteiger partial charge in [0.25, 0.3) is 0 Å². The first-order valence-corrected chi connectivity index (χ1v) is 12.0. The Balaban J connectivity index is 0.00000320. The molecular weight excluding hydrogens is 529 g/mol. The minimum absolute atomic E-state index is 0. The molecular formula is C21H34IN5OS2. The number of hydrogen-bond donors (Lipinski definition) is 2. The second-order valence-electron chi connectivity index (χ2n) is 7.25. The first-order valence-electron chi connectivity index (χ1n) is 10.4. The van der Waals surface area contributed by atoms with E-state index in [1.807, 2.05) is 11.3 Å². The fraction of sp³-hybridized carbons (Fsp3) is 0.619. The second kappa shape index (κ2) is 12.9. The quantitative estimate of drug-likeness (QED) is 0.290. The molecule has 30 heavy (non-hydrogen) atoms. The molecule has 0 saturated carbocycles. The molecule has 2 aromatic heterocycles. The van der Waals surface area contributed by atoms with Crippen molar-refractivity contribution in [2.45, 2.75) is 40.2 Å². The second-order valence-corrected chi connectivity index (χ2v) is 9.86. The zero-order valence-corrected chi connectivity index (χ0v) is 22.3. The van der Waals surface area contributed by atoms with Crippen LogP contribution in [0.1, 0.15) is 38.3 Å². The zero-order chi connectivity index (χ0) is 20.6. The summed E-state index contributed by atoms with van der Waals surface area (Å²) in [5, 5.41) is 8.03. The van der Waals surface area contributed by atoms with Gasteiger partial charge in [-0.3, -0.25) is 9.89 Å². The molecule has 3 rings (SSSR count). The maximum atomic E-state index is 5.56. The van der Waals surface area contributed by atoms with Crippen LogP contribution in [-0.4, -0.2) is 61.8 Å². The number of guanidine groups is 1. The predicted octanol–water partition coefficient (Wildman–Crippen LogP) is 3.92. The van der Waals surface area contributed by atoms with Gasteiger partial charge in [-0.2, -0.15) is 0 Å². The van der Waals surface area contributed by atoms with E-state index >= 15 is 0 Å². The van der Waals surface area contributed by atoms with E-state index in [9.17, 15) is 0 Å². The van der Waals surface area contributed by atoms with Gasteiger partial charge in [0, 0.05) is 47.2 Å². The Hall–Kier alpha value is -0.750. The van der Waals surface area contributed by atoms with Crippen LogP contribution in [0, 0.1) is 20.8 Å². The molecule has 0 aliphatic carbocycles. The van der Waals surface area contributed by atoms with Crippen LogP contribution in [0.25, 0.3) is 0 Å². The Labute approximate surface area is 205 Å². The van der Waals surface area contributed by atoms with E-state index in [0.717, 1.165) is 69.0 Å². The van der Waals surface area contributed by atoms with Gasteiger partial charge in [-0.1, -0.05) is 0 Å². The molecule has 0 amide bonds. The normalized spacial score (nSPS) is 16.2. The van der Waals surface area contributed by atoms with Gasteiger partial charge in [0.1, 0.15) is 0 Å². The van der Waals surface area contributed by atoms with Gasteiger partial charge >= 0.3 is 0 Å². The number of aryl methyl sites for hydroxylation is 3. The summed E-state index contributed by atoms with van der Waals surface area (Å²) >= 11 is 3.66. The summed E-state index contributed by atoms with van der Waals surface area (Å²) in [5.41, 5.74) is 1.15. The Bertz CT molecular complexity index is 801. The van der Waals surface area contributed by atoms with Crippen molar-refractivity contribution in [2.24, 2.45) is 4.99 Å². The standard InChI is InChI=1S/C21H33N5OS2.HI/c1-5-22-21(23-9-8-19-16(3)25-17(4)29-19)24-14-18(20-7-6-15(2)28-20)26-10-12-27-13-11-26;/h6-7,18H,5,8-14H2,1-4H3,(H2,22,23,24);1H. The maximum absolute atomic E-state index is 5.56. The van der Waals surface area contributed by atoms with Crippen LogP contribution in [0.4, 0.5) is 0 Å². The van der Waals surface area contributed by atoms with Crippen molar-refractivity contribution < 1.29 is 4.74 Å². The molecule has 1 atom stereocenters. The van der Waals surface area contributed by atoms with Gasteiger partial charge < -0.3 is 15.4 Å². The molecule has 168 valence electrons. The molecule has 1 saturated heterocycles. The molecule has 0 aromatic carbocycles. The fourth-order valence-electron chi connectivity index (χ4n) is 3.53. The number of nitrogens with one attached hydrogen (secondary N) is 2. The van der Waals surface area contributed by atoms with Crippen LogP contribution in [0.2, 0.25) is 0 Å². The van der Waals surface area contributed by atoms with E-state index < -0.39 is 0 Å². The lowest BCUT2D eigenvalue weighted by molar-refractivity contribution is 0.0186. The summed E-state index contributed by atoms with van der Waals surface area (Å²) in [6, 6.07) is 4.77. The number of aromatic nitrogens is 1.